The smallest absolute Gasteiger partial charge is 0.305 e. The highest BCUT2D eigenvalue weighted by Crippen LogP contribution is 2.16. The first-order valence-corrected chi connectivity index (χ1v) is 26.7. The van der Waals surface area contributed by atoms with Gasteiger partial charge in [0.25, 0.3) is 0 Å². The third-order valence-electron chi connectivity index (χ3n) is 12.2. The van der Waals surface area contributed by atoms with Crippen LogP contribution in [0.4, 0.5) is 0 Å². The first kappa shape index (κ1) is 59.1. The van der Waals surface area contributed by atoms with Crippen molar-refractivity contribution in [2.24, 2.45) is 0 Å². The molecule has 6 heteroatoms. The molecular weight excluding hydrogens is 755 g/mol. The lowest BCUT2D eigenvalue weighted by molar-refractivity contribution is -0.143. The van der Waals surface area contributed by atoms with Crippen molar-refractivity contribution in [2.45, 2.75) is 289 Å². The number of allylic oxidation sites excluding steroid dienone is 6. The van der Waals surface area contributed by atoms with Crippen molar-refractivity contribution in [1.82, 2.24) is 5.32 Å². The van der Waals surface area contributed by atoms with Gasteiger partial charge in [0.2, 0.25) is 5.91 Å². The van der Waals surface area contributed by atoms with E-state index >= 15 is 0 Å². The summed E-state index contributed by atoms with van der Waals surface area (Å²) >= 11 is 0. The van der Waals surface area contributed by atoms with Gasteiger partial charge >= 0.3 is 5.97 Å². The average molecular weight is 858 g/mol. The van der Waals surface area contributed by atoms with Crippen molar-refractivity contribution in [3.8, 4) is 0 Å². The summed E-state index contributed by atoms with van der Waals surface area (Å²) in [6.07, 6.45) is 61.2. The summed E-state index contributed by atoms with van der Waals surface area (Å²) in [5, 5.41) is 23.2. The van der Waals surface area contributed by atoms with Gasteiger partial charge in [-0.15, -0.1) is 0 Å². The van der Waals surface area contributed by atoms with Gasteiger partial charge in [-0.25, -0.2) is 0 Å². The van der Waals surface area contributed by atoms with Crippen molar-refractivity contribution in [3.05, 3.63) is 36.5 Å². The lowest BCUT2D eigenvalue weighted by Crippen LogP contribution is -2.45. The molecule has 0 saturated heterocycles. The standard InChI is InChI=1S/C55H103NO5/c1-3-5-7-9-11-13-15-17-18-19-22-25-29-33-37-41-45-49-55(60)61-50-46-42-38-34-30-26-23-20-21-24-28-32-36-40-44-48-54(59)56-52(51-57)53(58)47-43-39-35-31-27-16-14-12-10-8-6-4-2/h11,13,17-18,23,26,52-53,57-58H,3-10,12,14-16,19-22,24-25,27-51H2,1-2H3,(H,56,59)/b13-11-,18-17-,26-23-. The number of aliphatic hydroxyl groups excluding tert-OH is 2. The predicted octanol–water partition coefficient (Wildman–Crippen LogP) is 16.1. The van der Waals surface area contributed by atoms with E-state index in [0.29, 0.717) is 25.9 Å². The molecule has 2 unspecified atom stereocenters. The highest BCUT2D eigenvalue weighted by atomic mass is 16.5. The molecule has 6 nitrogen and oxygen atoms in total. The molecule has 0 aromatic carbocycles. The Morgan fingerprint density at radius 1 is 0.459 bits per heavy atom. The van der Waals surface area contributed by atoms with Crippen LogP contribution in [0.3, 0.4) is 0 Å². The molecule has 0 saturated carbocycles. The maximum atomic E-state index is 12.4. The normalized spacial score (nSPS) is 12.9. The number of rotatable bonds is 49. The van der Waals surface area contributed by atoms with Crippen LogP contribution in [0.2, 0.25) is 0 Å². The SMILES string of the molecule is CCCCC/C=C\C/C=C\CCCCCCCCCC(=O)OCCCCCC/C=C\CCCCCCCCCC(=O)NC(CO)C(O)CCCCCCCCCCCCCC. The van der Waals surface area contributed by atoms with Crippen LogP contribution in [-0.2, 0) is 14.3 Å². The maximum Gasteiger partial charge on any atom is 0.305 e. The fourth-order valence-corrected chi connectivity index (χ4v) is 8.02. The van der Waals surface area contributed by atoms with E-state index in [0.717, 1.165) is 77.0 Å². The molecule has 0 spiro atoms. The molecule has 358 valence electrons. The lowest BCUT2D eigenvalue weighted by atomic mass is 10.0. The second kappa shape index (κ2) is 50.7. The third-order valence-corrected chi connectivity index (χ3v) is 12.2. The van der Waals surface area contributed by atoms with Crippen molar-refractivity contribution in [2.75, 3.05) is 13.2 Å². The van der Waals surface area contributed by atoms with Crippen LogP contribution >= 0.6 is 0 Å². The van der Waals surface area contributed by atoms with Gasteiger partial charge in [-0.2, -0.15) is 0 Å². The number of hydrogen-bond donors (Lipinski definition) is 3. The van der Waals surface area contributed by atoms with Crippen LogP contribution in [0, 0.1) is 0 Å². The summed E-state index contributed by atoms with van der Waals surface area (Å²) in [5.74, 6) is -0.0700. The van der Waals surface area contributed by atoms with Crippen LogP contribution in [0.15, 0.2) is 36.5 Å². The first-order chi connectivity index (χ1) is 30.0. The Balaban J connectivity index is 3.47. The van der Waals surface area contributed by atoms with Crippen molar-refractivity contribution in [1.29, 1.82) is 0 Å². The molecule has 0 fully saturated rings. The number of nitrogens with one attached hydrogen (secondary N) is 1. The monoisotopic (exact) mass is 858 g/mol. The molecule has 0 aromatic rings. The summed E-state index contributed by atoms with van der Waals surface area (Å²) in [5.41, 5.74) is 0. The minimum absolute atomic E-state index is 0.0183. The second-order valence-electron chi connectivity index (χ2n) is 18.2. The quantitative estimate of drug-likeness (QED) is 0.0322. The van der Waals surface area contributed by atoms with E-state index in [9.17, 15) is 19.8 Å². The molecular formula is C55H103NO5. The Morgan fingerprint density at radius 2 is 0.820 bits per heavy atom. The summed E-state index contributed by atoms with van der Waals surface area (Å²) in [6.45, 7) is 4.88. The number of aliphatic hydroxyl groups is 2. The topological polar surface area (TPSA) is 95.9 Å². The molecule has 2 atom stereocenters. The first-order valence-electron chi connectivity index (χ1n) is 26.7. The summed E-state index contributed by atoms with van der Waals surface area (Å²) in [4.78, 5) is 24.5. The van der Waals surface area contributed by atoms with Gasteiger partial charge < -0.3 is 20.3 Å². The largest absolute Gasteiger partial charge is 0.466 e. The predicted molar refractivity (Wildman–Crippen MR) is 264 cm³/mol. The van der Waals surface area contributed by atoms with E-state index in [1.807, 2.05) is 0 Å². The van der Waals surface area contributed by atoms with Gasteiger partial charge in [-0.3, -0.25) is 9.59 Å². The number of carbonyl (C=O) groups is 2. The molecule has 0 rings (SSSR count). The Kier molecular flexibility index (Phi) is 49.1. The maximum absolute atomic E-state index is 12.4. The van der Waals surface area contributed by atoms with Crippen molar-refractivity contribution in [3.63, 3.8) is 0 Å². The molecule has 0 bridgehead atoms. The summed E-state index contributed by atoms with van der Waals surface area (Å²) < 4.78 is 5.46. The number of ether oxygens (including phenoxy) is 1. The fourth-order valence-electron chi connectivity index (χ4n) is 8.02. The molecule has 1 amide bonds. The highest BCUT2D eigenvalue weighted by molar-refractivity contribution is 5.76. The molecule has 61 heavy (non-hydrogen) atoms. The van der Waals surface area contributed by atoms with Crippen LogP contribution in [-0.4, -0.2) is 47.4 Å². The zero-order valence-electron chi connectivity index (χ0n) is 40.6. The molecule has 0 aliphatic heterocycles. The number of esters is 1. The van der Waals surface area contributed by atoms with E-state index in [1.54, 1.807) is 0 Å². The Morgan fingerprint density at radius 3 is 1.30 bits per heavy atom. The van der Waals surface area contributed by atoms with E-state index in [-0.39, 0.29) is 18.5 Å². The fraction of sp³-hybridized carbons (Fsp3) is 0.855. The van der Waals surface area contributed by atoms with Crippen molar-refractivity contribution >= 4 is 11.9 Å². The Hall–Kier alpha value is -1.92. The molecule has 0 aliphatic carbocycles. The Bertz CT molecular complexity index is 993. The van der Waals surface area contributed by atoms with Gasteiger partial charge in [0.1, 0.15) is 0 Å². The van der Waals surface area contributed by atoms with Gasteiger partial charge in [-0.1, -0.05) is 217 Å². The third kappa shape index (κ3) is 47.4. The number of unbranched alkanes of at least 4 members (excludes halogenated alkanes) is 32. The van der Waals surface area contributed by atoms with E-state index in [2.05, 4.69) is 55.6 Å². The van der Waals surface area contributed by atoms with Gasteiger partial charge in [-0.05, 0) is 83.5 Å². The van der Waals surface area contributed by atoms with Crippen LogP contribution in [0.25, 0.3) is 0 Å². The zero-order valence-corrected chi connectivity index (χ0v) is 40.6. The molecule has 0 aromatic heterocycles. The van der Waals surface area contributed by atoms with Gasteiger partial charge in [0, 0.05) is 12.8 Å². The zero-order chi connectivity index (χ0) is 44.4. The number of carbonyl (C=O) groups excluding carboxylic acids is 2. The molecule has 3 N–H and O–H groups in total. The molecule has 0 heterocycles. The van der Waals surface area contributed by atoms with E-state index < -0.39 is 12.1 Å². The van der Waals surface area contributed by atoms with E-state index in [4.69, 9.17) is 4.74 Å². The van der Waals surface area contributed by atoms with Crippen LogP contribution in [0.5, 0.6) is 0 Å². The van der Waals surface area contributed by atoms with Crippen molar-refractivity contribution < 1.29 is 24.5 Å². The van der Waals surface area contributed by atoms with Crippen LogP contribution in [0.1, 0.15) is 277 Å². The second-order valence-corrected chi connectivity index (χ2v) is 18.2. The van der Waals surface area contributed by atoms with Crippen LogP contribution < -0.4 is 5.32 Å². The highest BCUT2D eigenvalue weighted by Gasteiger charge is 2.20. The minimum Gasteiger partial charge on any atom is -0.466 e. The number of amides is 1. The summed E-state index contributed by atoms with van der Waals surface area (Å²) in [7, 11) is 0. The van der Waals surface area contributed by atoms with Gasteiger partial charge in [0.15, 0.2) is 0 Å². The molecule has 0 aliphatic rings. The lowest BCUT2D eigenvalue weighted by Gasteiger charge is -2.22. The average Bonchev–Trinajstić information content (AvgIpc) is 3.26. The van der Waals surface area contributed by atoms with Gasteiger partial charge in [0.05, 0.1) is 25.4 Å². The molecule has 0 radical (unpaired) electrons. The number of hydrogen-bond acceptors (Lipinski definition) is 5. The Labute approximate surface area is 379 Å². The van der Waals surface area contributed by atoms with E-state index in [1.165, 1.54) is 167 Å². The summed E-state index contributed by atoms with van der Waals surface area (Å²) in [6, 6.07) is -0.552. The minimum atomic E-state index is -0.674.